The van der Waals surface area contributed by atoms with E-state index in [-0.39, 0.29) is 0 Å². The predicted octanol–water partition coefficient (Wildman–Crippen LogP) is 4.39. The molecule has 0 amide bonds. The fraction of sp³-hybridized carbons (Fsp3) is 0.389. The van der Waals surface area contributed by atoms with Crippen LogP contribution in [-0.2, 0) is 0 Å². The average molecular weight is 256 g/mol. The van der Waals surface area contributed by atoms with Gasteiger partial charge in [-0.1, -0.05) is 58.2 Å². The van der Waals surface area contributed by atoms with Crippen molar-refractivity contribution in [2.75, 3.05) is 7.05 Å². The monoisotopic (exact) mass is 256 g/mol. The van der Waals surface area contributed by atoms with Gasteiger partial charge >= 0.3 is 0 Å². The summed E-state index contributed by atoms with van der Waals surface area (Å²) < 4.78 is 2.24. The second-order valence-electron chi connectivity index (χ2n) is 5.28. The summed E-state index contributed by atoms with van der Waals surface area (Å²) in [5, 5.41) is 0. The van der Waals surface area contributed by atoms with Crippen LogP contribution in [0.5, 0.6) is 0 Å². The fourth-order valence-electron chi connectivity index (χ4n) is 2.41. The quantitative estimate of drug-likeness (QED) is 0.403. The molecule has 19 heavy (non-hydrogen) atoms. The van der Waals surface area contributed by atoms with Crippen LogP contribution in [0.15, 0.2) is 49.1 Å². The topological polar surface area (TPSA) is 3.01 Å². The zero-order chi connectivity index (χ0) is 14.4. The standard InChI is InChI=1S/C18H26N/c1-7-15(5)18(8-2)19(6)13-16-11-9-10-12-17(16)14(3)4/h7,9-14,18H,1,5,8H2,2-4,6H3/q+1. The fourth-order valence-corrected chi connectivity index (χ4v) is 2.41. The van der Waals surface area contributed by atoms with Gasteiger partial charge in [0.05, 0.1) is 0 Å². The van der Waals surface area contributed by atoms with E-state index in [4.69, 9.17) is 0 Å². The molecular weight excluding hydrogens is 230 g/mol. The third-order valence-corrected chi connectivity index (χ3v) is 3.53. The van der Waals surface area contributed by atoms with Crippen molar-refractivity contribution in [1.82, 2.24) is 0 Å². The zero-order valence-corrected chi connectivity index (χ0v) is 12.7. The number of hydrogen-bond donors (Lipinski definition) is 0. The van der Waals surface area contributed by atoms with E-state index >= 15 is 0 Å². The van der Waals surface area contributed by atoms with Crippen molar-refractivity contribution in [3.8, 4) is 0 Å². The lowest BCUT2D eigenvalue weighted by Gasteiger charge is -2.13. The highest BCUT2D eigenvalue weighted by molar-refractivity contribution is 5.78. The van der Waals surface area contributed by atoms with Crippen LogP contribution in [0.25, 0.3) is 0 Å². The Morgan fingerprint density at radius 2 is 1.95 bits per heavy atom. The Morgan fingerprint density at radius 3 is 2.47 bits per heavy atom. The Labute approximate surface area is 118 Å². The first kappa shape index (κ1) is 15.4. The molecule has 0 aliphatic rings. The maximum absolute atomic E-state index is 4.08. The van der Waals surface area contributed by atoms with Crippen LogP contribution in [0.3, 0.4) is 0 Å². The SMILES string of the molecule is C=CC(=C)C(CC)[N+](C)=Cc1ccccc1C(C)C. The van der Waals surface area contributed by atoms with Gasteiger partial charge in [-0.2, -0.15) is 0 Å². The molecular formula is C18H26N+. The lowest BCUT2D eigenvalue weighted by atomic mass is 9.97. The first-order valence-electron chi connectivity index (χ1n) is 6.98. The molecule has 1 rings (SSSR count). The Kier molecular flexibility index (Phi) is 5.75. The van der Waals surface area contributed by atoms with Crippen LogP contribution in [0.2, 0.25) is 0 Å². The van der Waals surface area contributed by atoms with Gasteiger partial charge < -0.3 is 0 Å². The highest BCUT2D eigenvalue weighted by Crippen LogP contribution is 2.18. The Balaban J connectivity index is 3.14. The largest absolute Gasteiger partial charge is 0.231 e. The molecule has 1 heteroatoms. The van der Waals surface area contributed by atoms with E-state index in [1.807, 2.05) is 6.08 Å². The number of benzene rings is 1. The Bertz CT molecular complexity index is 480. The summed E-state index contributed by atoms with van der Waals surface area (Å²) in [6.45, 7) is 14.5. The van der Waals surface area contributed by atoms with Crippen molar-refractivity contribution in [3.05, 3.63) is 60.2 Å². The molecule has 0 fully saturated rings. The molecule has 0 N–H and O–H groups in total. The van der Waals surface area contributed by atoms with Crippen LogP contribution >= 0.6 is 0 Å². The smallest absolute Gasteiger partial charge is 0.176 e. The summed E-state index contributed by atoms with van der Waals surface area (Å²) in [6, 6.07) is 8.89. The van der Waals surface area contributed by atoms with E-state index in [9.17, 15) is 0 Å². The highest BCUT2D eigenvalue weighted by Gasteiger charge is 2.17. The molecule has 0 heterocycles. The van der Waals surface area contributed by atoms with Gasteiger partial charge in [0.2, 0.25) is 0 Å². The third-order valence-electron chi connectivity index (χ3n) is 3.53. The van der Waals surface area contributed by atoms with Crippen LogP contribution < -0.4 is 0 Å². The van der Waals surface area contributed by atoms with Gasteiger partial charge in [0.1, 0.15) is 7.05 Å². The van der Waals surface area contributed by atoms with Gasteiger partial charge in [-0.25, -0.2) is 4.58 Å². The van der Waals surface area contributed by atoms with E-state index in [2.05, 4.69) is 76.0 Å². The molecule has 0 radical (unpaired) electrons. The van der Waals surface area contributed by atoms with Crippen molar-refractivity contribution in [2.24, 2.45) is 0 Å². The summed E-state index contributed by atoms with van der Waals surface area (Å²) in [5.41, 5.74) is 3.74. The summed E-state index contributed by atoms with van der Waals surface area (Å²) in [7, 11) is 2.11. The molecule has 1 aromatic carbocycles. The Hall–Kier alpha value is -1.63. The third kappa shape index (κ3) is 3.92. The van der Waals surface area contributed by atoms with Crippen LogP contribution in [-0.4, -0.2) is 23.9 Å². The lowest BCUT2D eigenvalue weighted by molar-refractivity contribution is -0.523. The minimum absolute atomic E-state index is 0.317. The van der Waals surface area contributed by atoms with E-state index in [0.717, 1.165) is 12.0 Å². The maximum Gasteiger partial charge on any atom is 0.176 e. The molecule has 0 saturated carbocycles. The molecule has 0 aromatic heterocycles. The molecule has 0 saturated heterocycles. The van der Waals surface area contributed by atoms with Gasteiger partial charge in [0, 0.05) is 17.6 Å². The molecule has 1 atom stereocenters. The molecule has 0 aliphatic heterocycles. The summed E-state index contributed by atoms with van der Waals surface area (Å²) in [4.78, 5) is 0. The van der Waals surface area contributed by atoms with E-state index in [0.29, 0.717) is 12.0 Å². The van der Waals surface area contributed by atoms with E-state index < -0.39 is 0 Å². The maximum atomic E-state index is 4.08. The van der Waals surface area contributed by atoms with E-state index in [1.54, 1.807) is 0 Å². The van der Waals surface area contributed by atoms with Gasteiger partial charge in [0.25, 0.3) is 0 Å². The molecule has 102 valence electrons. The van der Waals surface area contributed by atoms with Gasteiger partial charge in [-0.15, -0.1) is 0 Å². The first-order chi connectivity index (χ1) is 9.01. The lowest BCUT2D eigenvalue weighted by Crippen LogP contribution is -2.25. The highest BCUT2D eigenvalue weighted by atomic mass is 15.0. The van der Waals surface area contributed by atoms with Gasteiger partial charge in [-0.3, -0.25) is 0 Å². The van der Waals surface area contributed by atoms with Crippen LogP contribution in [0.1, 0.15) is 44.2 Å². The molecule has 1 nitrogen and oxygen atoms in total. The van der Waals surface area contributed by atoms with Crippen molar-refractivity contribution in [3.63, 3.8) is 0 Å². The van der Waals surface area contributed by atoms with Crippen LogP contribution in [0, 0.1) is 0 Å². The zero-order valence-electron chi connectivity index (χ0n) is 12.7. The van der Waals surface area contributed by atoms with Gasteiger partial charge in [-0.05, 0) is 17.5 Å². The Morgan fingerprint density at radius 1 is 1.32 bits per heavy atom. The predicted molar refractivity (Wildman–Crippen MR) is 85.3 cm³/mol. The molecule has 1 unspecified atom stereocenters. The number of hydrogen-bond acceptors (Lipinski definition) is 0. The number of likely N-dealkylation sites (N-methyl/N-ethyl adjacent to an activating group) is 1. The minimum Gasteiger partial charge on any atom is -0.231 e. The van der Waals surface area contributed by atoms with E-state index in [1.165, 1.54) is 11.1 Å². The van der Waals surface area contributed by atoms with Crippen molar-refractivity contribution in [1.29, 1.82) is 0 Å². The molecule has 0 spiro atoms. The van der Waals surface area contributed by atoms with Crippen molar-refractivity contribution in [2.45, 2.75) is 39.2 Å². The molecule has 0 aliphatic carbocycles. The summed E-state index contributed by atoms with van der Waals surface area (Å²) in [5.74, 6) is 0.531. The summed E-state index contributed by atoms with van der Waals surface area (Å²) >= 11 is 0. The number of nitrogens with zero attached hydrogens (tertiary/aromatic N) is 1. The van der Waals surface area contributed by atoms with Crippen molar-refractivity contribution >= 4 is 6.21 Å². The number of rotatable bonds is 6. The van der Waals surface area contributed by atoms with Crippen molar-refractivity contribution < 1.29 is 4.58 Å². The summed E-state index contributed by atoms with van der Waals surface area (Å²) in [6.07, 6.45) is 5.10. The van der Waals surface area contributed by atoms with Gasteiger partial charge in [0.15, 0.2) is 12.3 Å². The minimum atomic E-state index is 0.317. The van der Waals surface area contributed by atoms with Crippen LogP contribution in [0.4, 0.5) is 0 Å². The second-order valence-corrected chi connectivity index (χ2v) is 5.28. The normalized spacial score (nSPS) is 13.4. The second kappa shape index (κ2) is 7.08. The average Bonchev–Trinajstić information content (AvgIpc) is 2.39. The molecule has 0 bridgehead atoms. The molecule has 1 aromatic rings. The first-order valence-corrected chi connectivity index (χ1v) is 6.98.